The summed E-state index contributed by atoms with van der Waals surface area (Å²) < 4.78 is 5.61. The molecule has 1 aliphatic heterocycles. The lowest BCUT2D eigenvalue weighted by molar-refractivity contribution is -0.123. The predicted octanol–water partition coefficient (Wildman–Crippen LogP) is 4.38. The van der Waals surface area contributed by atoms with Crippen LogP contribution in [0.4, 0.5) is 0 Å². The van der Waals surface area contributed by atoms with E-state index < -0.39 is 0 Å². The number of carbonyl (C=O) groups is 1. The number of carbonyl (C=O) groups excluding carboxylic acids is 1. The lowest BCUT2D eigenvalue weighted by atomic mass is 10.0. The maximum absolute atomic E-state index is 12.2. The number of nitrogens with one attached hydrogen (secondary N) is 1. The third-order valence-corrected chi connectivity index (χ3v) is 5.16. The molecule has 0 bridgehead atoms. The van der Waals surface area contributed by atoms with Gasteiger partial charge < -0.3 is 10.1 Å². The maximum Gasteiger partial charge on any atom is 0.258 e. The minimum atomic E-state index is -0.115. The summed E-state index contributed by atoms with van der Waals surface area (Å²) in [4.78, 5) is 13.4. The topological polar surface area (TPSA) is 38.3 Å². The zero-order valence-electron chi connectivity index (χ0n) is 12.8. The molecule has 1 amide bonds. The number of hydrogen-bond acceptors (Lipinski definition) is 3. The van der Waals surface area contributed by atoms with Crippen LogP contribution in [0.15, 0.2) is 47.4 Å². The molecule has 3 nitrogen and oxygen atoms in total. The van der Waals surface area contributed by atoms with Crippen molar-refractivity contribution in [1.29, 1.82) is 0 Å². The molecule has 2 aromatic rings. The molecule has 0 spiro atoms. The summed E-state index contributed by atoms with van der Waals surface area (Å²) in [6.07, 6.45) is 0.897. The van der Waals surface area contributed by atoms with E-state index in [2.05, 4.69) is 5.32 Å². The summed E-state index contributed by atoms with van der Waals surface area (Å²) in [5.74, 6) is 1.61. The van der Waals surface area contributed by atoms with E-state index in [1.54, 1.807) is 11.8 Å². The van der Waals surface area contributed by atoms with E-state index in [0.29, 0.717) is 5.02 Å². The van der Waals surface area contributed by atoms with Gasteiger partial charge in [-0.3, -0.25) is 4.79 Å². The zero-order valence-corrected chi connectivity index (χ0v) is 14.4. The largest absolute Gasteiger partial charge is 0.484 e. The summed E-state index contributed by atoms with van der Waals surface area (Å²) >= 11 is 7.89. The van der Waals surface area contributed by atoms with Crippen molar-refractivity contribution in [2.75, 3.05) is 12.4 Å². The van der Waals surface area contributed by atoms with Crippen LogP contribution in [0.2, 0.25) is 5.02 Å². The molecular formula is C18H18ClNO2S. The van der Waals surface area contributed by atoms with Gasteiger partial charge in [0.25, 0.3) is 5.91 Å². The van der Waals surface area contributed by atoms with Crippen LogP contribution in [0, 0.1) is 6.92 Å². The number of fused-ring (bicyclic) bond motifs is 1. The zero-order chi connectivity index (χ0) is 16.2. The second-order valence-corrected chi connectivity index (χ2v) is 7.07. The van der Waals surface area contributed by atoms with E-state index in [1.807, 2.05) is 49.4 Å². The molecule has 2 aromatic carbocycles. The van der Waals surface area contributed by atoms with Crippen molar-refractivity contribution in [3.05, 3.63) is 58.6 Å². The molecule has 1 aliphatic rings. The molecule has 0 radical (unpaired) electrons. The third kappa shape index (κ3) is 4.01. The Labute approximate surface area is 145 Å². The van der Waals surface area contributed by atoms with Gasteiger partial charge >= 0.3 is 0 Å². The number of ether oxygens (including phenoxy) is 1. The van der Waals surface area contributed by atoms with E-state index >= 15 is 0 Å². The van der Waals surface area contributed by atoms with Gasteiger partial charge in [-0.2, -0.15) is 0 Å². The number of aryl methyl sites for hydroxylation is 1. The highest BCUT2D eigenvalue weighted by Gasteiger charge is 2.22. The predicted molar refractivity (Wildman–Crippen MR) is 94.4 cm³/mol. The Morgan fingerprint density at radius 2 is 2.17 bits per heavy atom. The number of benzene rings is 2. The van der Waals surface area contributed by atoms with Crippen molar-refractivity contribution in [2.24, 2.45) is 0 Å². The van der Waals surface area contributed by atoms with Crippen molar-refractivity contribution >= 4 is 29.3 Å². The third-order valence-electron chi connectivity index (χ3n) is 3.80. The van der Waals surface area contributed by atoms with Crippen molar-refractivity contribution < 1.29 is 9.53 Å². The molecule has 0 saturated heterocycles. The molecule has 0 aliphatic carbocycles. The number of amides is 1. The Bertz CT molecular complexity index is 720. The Kier molecular flexibility index (Phi) is 5.13. The monoisotopic (exact) mass is 347 g/mol. The molecule has 23 heavy (non-hydrogen) atoms. The molecule has 1 heterocycles. The van der Waals surface area contributed by atoms with Crippen LogP contribution in [-0.2, 0) is 4.79 Å². The van der Waals surface area contributed by atoms with Crippen molar-refractivity contribution in [3.8, 4) is 5.75 Å². The van der Waals surface area contributed by atoms with Gasteiger partial charge in [-0.05, 0) is 48.7 Å². The summed E-state index contributed by atoms with van der Waals surface area (Å²) in [7, 11) is 0. The van der Waals surface area contributed by atoms with Gasteiger partial charge in [0.2, 0.25) is 0 Å². The first kappa shape index (κ1) is 16.2. The first-order valence-electron chi connectivity index (χ1n) is 7.53. The Balaban J connectivity index is 1.63. The van der Waals surface area contributed by atoms with Gasteiger partial charge in [0, 0.05) is 15.7 Å². The standard InChI is InChI=1S/C18H18ClNO2S/c1-12-4-2-3-5-16(12)22-11-18(21)20-15-8-9-23-17-7-6-13(19)10-14(15)17/h2-7,10,15H,8-9,11H2,1H3,(H,20,21). The second-order valence-electron chi connectivity index (χ2n) is 5.49. The highest BCUT2D eigenvalue weighted by atomic mass is 35.5. The van der Waals surface area contributed by atoms with E-state index in [1.165, 1.54) is 4.90 Å². The van der Waals surface area contributed by atoms with Crippen LogP contribution in [0.3, 0.4) is 0 Å². The molecule has 1 N–H and O–H groups in total. The Morgan fingerprint density at radius 1 is 1.35 bits per heavy atom. The van der Waals surface area contributed by atoms with Crippen LogP contribution in [0.25, 0.3) is 0 Å². The summed E-state index contributed by atoms with van der Waals surface area (Å²) in [6, 6.07) is 13.5. The van der Waals surface area contributed by atoms with Crippen LogP contribution in [0.1, 0.15) is 23.6 Å². The van der Waals surface area contributed by atoms with E-state index in [-0.39, 0.29) is 18.6 Å². The van der Waals surface area contributed by atoms with Gasteiger partial charge in [-0.25, -0.2) is 0 Å². The smallest absolute Gasteiger partial charge is 0.258 e. The van der Waals surface area contributed by atoms with E-state index in [9.17, 15) is 4.79 Å². The molecule has 3 rings (SSSR count). The number of thioether (sulfide) groups is 1. The Hall–Kier alpha value is -1.65. The fourth-order valence-electron chi connectivity index (χ4n) is 2.61. The first-order valence-corrected chi connectivity index (χ1v) is 8.90. The fraction of sp³-hybridized carbons (Fsp3) is 0.278. The lowest BCUT2D eigenvalue weighted by Crippen LogP contribution is -2.34. The van der Waals surface area contributed by atoms with Gasteiger partial charge in [0.15, 0.2) is 6.61 Å². The number of hydrogen-bond donors (Lipinski definition) is 1. The summed E-state index contributed by atoms with van der Waals surface area (Å²) in [5, 5.41) is 3.75. The minimum absolute atomic E-state index is 0.00193. The summed E-state index contributed by atoms with van der Waals surface area (Å²) in [5.41, 5.74) is 2.12. The highest BCUT2D eigenvalue weighted by molar-refractivity contribution is 7.99. The molecule has 120 valence electrons. The lowest BCUT2D eigenvalue weighted by Gasteiger charge is -2.26. The summed E-state index contributed by atoms with van der Waals surface area (Å²) in [6.45, 7) is 1.98. The average Bonchev–Trinajstić information content (AvgIpc) is 2.55. The van der Waals surface area contributed by atoms with Crippen LogP contribution < -0.4 is 10.1 Å². The van der Waals surface area contributed by atoms with Gasteiger partial charge in [0.1, 0.15) is 5.75 Å². The van der Waals surface area contributed by atoms with Crippen molar-refractivity contribution in [1.82, 2.24) is 5.32 Å². The van der Waals surface area contributed by atoms with Gasteiger partial charge in [-0.1, -0.05) is 29.8 Å². The molecule has 0 aromatic heterocycles. The molecule has 5 heteroatoms. The molecular weight excluding hydrogens is 330 g/mol. The SMILES string of the molecule is Cc1ccccc1OCC(=O)NC1CCSc2ccc(Cl)cc21. The minimum Gasteiger partial charge on any atom is -0.484 e. The Morgan fingerprint density at radius 3 is 3.00 bits per heavy atom. The fourth-order valence-corrected chi connectivity index (χ4v) is 3.90. The van der Waals surface area contributed by atoms with E-state index in [4.69, 9.17) is 16.3 Å². The molecule has 1 unspecified atom stereocenters. The number of para-hydroxylation sites is 1. The number of halogens is 1. The highest BCUT2D eigenvalue weighted by Crippen LogP contribution is 2.37. The molecule has 0 fully saturated rings. The molecule has 0 saturated carbocycles. The van der Waals surface area contributed by atoms with Crippen LogP contribution in [-0.4, -0.2) is 18.3 Å². The normalized spacial score (nSPS) is 16.5. The molecule has 1 atom stereocenters. The number of rotatable bonds is 4. The van der Waals surface area contributed by atoms with Gasteiger partial charge in [-0.15, -0.1) is 11.8 Å². The van der Waals surface area contributed by atoms with Gasteiger partial charge in [0.05, 0.1) is 6.04 Å². The maximum atomic E-state index is 12.2. The second kappa shape index (κ2) is 7.28. The van der Waals surface area contributed by atoms with Crippen molar-refractivity contribution in [2.45, 2.75) is 24.3 Å². The van der Waals surface area contributed by atoms with Crippen LogP contribution in [0.5, 0.6) is 5.75 Å². The quantitative estimate of drug-likeness (QED) is 0.891. The first-order chi connectivity index (χ1) is 11.1. The average molecular weight is 348 g/mol. The van der Waals surface area contributed by atoms with E-state index in [0.717, 1.165) is 29.1 Å². The van der Waals surface area contributed by atoms with Crippen molar-refractivity contribution in [3.63, 3.8) is 0 Å². The van der Waals surface area contributed by atoms with Crippen LogP contribution >= 0.6 is 23.4 Å².